The Labute approximate surface area is 77.7 Å². The maximum atomic E-state index is 5.88. The van der Waals surface area contributed by atoms with Gasteiger partial charge in [-0.1, -0.05) is 0 Å². The molecule has 1 aliphatic rings. The van der Waals surface area contributed by atoms with E-state index in [9.17, 15) is 0 Å². The second-order valence-electron chi connectivity index (χ2n) is 3.57. The van der Waals surface area contributed by atoms with Gasteiger partial charge in [0.05, 0.1) is 0 Å². The Morgan fingerprint density at radius 3 is 3.00 bits per heavy atom. The van der Waals surface area contributed by atoms with E-state index in [0.29, 0.717) is 6.01 Å². The molecule has 0 bridgehead atoms. The molecule has 13 heavy (non-hydrogen) atoms. The van der Waals surface area contributed by atoms with Gasteiger partial charge in [-0.3, -0.25) is 0 Å². The summed E-state index contributed by atoms with van der Waals surface area (Å²) in [5, 5.41) is 0. The number of rotatable bonds is 2. The topological polar surface area (TPSA) is 53.1 Å². The van der Waals surface area contributed by atoms with Crippen LogP contribution >= 0.6 is 0 Å². The molecule has 0 amide bonds. The SMILES string of the molecule is Cn1ccnc1OC1CCCC1N. The van der Waals surface area contributed by atoms with E-state index in [1.807, 2.05) is 17.8 Å². The Bertz CT molecular complexity index is 284. The van der Waals surface area contributed by atoms with Crippen molar-refractivity contribution < 1.29 is 4.74 Å². The largest absolute Gasteiger partial charge is 0.460 e. The molecule has 0 radical (unpaired) electrons. The van der Waals surface area contributed by atoms with Crippen molar-refractivity contribution in [2.24, 2.45) is 12.8 Å². The lowest BCUT2D eigenvalue weighted by molar-refractivity contribution is 0.170. The maximum Gasteiger partial charge on any atom is 0.296 e. The molecule has 1 aliphatic carbocycles. The molecular formula is C9H15N3O. The number of hydrogen-bond acceptors (Lipinski definition) is 3. The summed E-state index contributed by atoms with van der Waals surface area (Å²) in [7, 11) is 1.92. The number of nitrogens with zero attached hydrogens (tertiary/aromatic N) is 2. The summed E-state index contributed by atoms with van der Waals surface area (Å²) in [6, 6.07) is 0.846. The normalized spacial score (nSPS) is 27.8. The minimum atomic E-state index is 0.154. The van der Waals surface area contributed by atoms with Crippen LogP contribution in [0.4, 0.5) is 0 Å². The molecule has 2 rings (SSSR count). The Morgan fingerprint density at radius 2 is 2.46 bits per heavy atom. The van der Waals surface area contributed by atoms with Crippen LogP contribution in [0, 0.1) is 0 Å². The van der Waals surface area contributed by atoms with Crippen LogP contribution in [0.2, 0.25) is 0 Å². The first kappa shape index (κ1) is 8.56. The Hall–Kier alpha value is -1.03. The maximum absolute atomic E-state index is 5.88. The van der Waals surface area contributed by atoms with Crippen LogP contribution in [0.15, 0.2) is 12.4 Å². The third kappa shape index (κ3) is 1.67. The van der Waals surface area contributed by atoms with Gasteiger partial charge in [0.25, 0.3) is 6.01 Å². The average molecular weight is 181 g/mol. The van der Waals surface area contributed by atoms with Crippen LogP contribution in [-0.2, 0) is 7.05 Å². The zero-order valence-electron chi connectivity index (χ0n) is 7.81. The van der Waals surface area contributed by atoms with E-state index in [1.54, 1.807) is 6.20 Å². The van der Waals surface area contributed by atoms with Gasteiger partial charge in [0, 0.05) is 25.5 Å². The molecule has 1 heterocycles. The fourth-order valence-electron chi connectivity index (χ4n) is 1.70. The first-order chi connectivity index (χ1) is 6.27. The fourth-order valence-corrected chi connectivity index (χ4v) is 1.70. The molecule has 1 fully saturated rings. The molecule has 4 heteroatoms. The van der Waals surface area contributed by atoms with Crippen LogP contribution in [0.3, 0.4) is 0 Å². The monoisotopic (exact) mass is 181 g/mol. The zero-order chi connectivity index (χ0) is 9.26. The number of aryl methyl sites for hydroxylation is 1. The van der Waals surface area contributed by atoms with E-state index in [1.165, 1.54) is 0 Å². The molecular weight excluding hydrogens is 166 g/mol. The highest BCUT2D eigenvalue weighted by Crippen LogP contribution is 2.21. The highest BCUT2D eigenvalue weighted by molar-refractivity contribution is 4.99. The number of nitrogens with two attached hydrogens (primary N) is 1. The summed E-state index contributed by atoms with van der Waals surface area (Å²) in [5.74, 6) is 0. The van der Waals surface area contributed by atoms with Crippen molar-refractivity contribution in [1.29, 1.82) is 0 Å². The van der Waals surface area contributed by atoms with Gasteiger partial charge < -0.3 is 15.0 Å². The quantitative estimate of drug-likeness (QED) is 0.730. The van der Waals surface area contributed by atoms with Gasteiger partial charge in [-0.2, -0.15) is 0 Å². The minimum Gasteiger partial charge on any atom is -0.460 e. The molecule has 2 atom stereocenters. The molecule has 0 aliphatic heterocycles. The molecule has 1 aromatic heterocycles. The zero-order valence-corrected chi connectivity index (χ0v) is 7.81. The molecule has 72 valence electrons. The number of imidazole rings is 1. The van der Waals surface area contributed by atoms with Crippen molar-refractivity contribution in [1.82, 2.24) is 9.55 Å². The predicted molar refractivity (Wildman–Crippen MR) is 49.5 cm³/mol. The van der Waals surface area contributed by atoms with Crippen molar-refractivity contribution in [2.45, 2.75) is 31.4 Å². The second-order valence-corrected chi connectivity index (χ2v) is 3.57. The van der Waals surface area contributed by atoms with Gasteiger partial charge in [-0.25, -0.2) is 4.98 Å². The van der Waals surface area contributed by atoms with E-state index < -0.39 is 0 Å². The van der Waals surface area contributed by atoms with Gasteiger partial charge in [-0.05, 0) is 19.3 Å². The summed E-state index contributed by atoms with van der Waals surface area (Å²) in [6.07, 6.45) is 7.03. The smallest absolute Gasteiger partial charge is 0.296 e. The van der Waals surface area contributed by atoms with E-state index in [4.69, 9.17) is 10.5 Å². The lowest BCUT2D eigenvalue weighted by atomic mass is 10.2. The predicted octanol–water partition coefficient (Wildman–Crippen LogP) is 0.679. The second kappa shape index (κ2) is 3.38. The highest BCUT2D eigenvalue weighted by atomic mass is 16.5. The summed E-state index contributed by atoms with van der Waals surface area (Å²) in [4.78, 5) is 4.10. The molecule has 0 aromatic carbocycles. The Kier molecular flexibility index (Phi) is 2.22. The summed E-state index contributed by atoms with van der Waals surface area (Å²) in [6.45, 7) is 0. The van der Waals surface area contributed by atoms with Crippen molar-refractivity contribution in [3.05, 3.63) is 12.4 Å². The van der Waals surface area contributed by atoms with Gasteiger partial charge in [0.15, 0.2) is 0 Å². The van der Waals surface area contributed by atoms with Gasteiger partial charge in [-0.15, -0.1) is 0 Å². The molecule has 0 saturated heterocycles. The van der Waals surface area contributed by atoms with Crippen LogP contribution in [0.5, 0.6) is 6.01 Å². The lowest BCUT2D eigenvalue weighted by Gasteiger charge is -2.16. The van der Waals surface area contributed by atoms with Crippen molar-refractivity contribution in [2.75, 3.05) is 0 Å². The van der Waals surface area contributed by atoms with Crippen molar-refractivity contribution in [3.63, 3.8) is 0 Å². The number of hydrogen-bond donors (Lipinski definition) is 1. The van der Waals surface area contributed by atoms with E-state index in [-0.39, 0.29) is 12.1 Å². The van der Waals surface area contributed by atoms with Crippen LogP contribution in [0.1, 0.15) is 19.3 Å². The van der Waals surface area contributed by atoms with Gasteiger partial charge in [0.2, 0.25) is 0 Å². The molecule has 1 saturated carbocycles. The fraction of sp³-hybridized carbons (Fsp3) is 0.667. The molecule has 2 N–H and O–H groups in total. The van der Waals surface area contributed by atoms with E-state index in [0.717, 1.165) is 19.3 Å². The first-order valence-electron chi connectivity index (χ1n) is 4.67. The Morgan fingerprint density at radius 1 is 1.62 bits per heavy atom. The number of aromatic nitrogens is 2. The number of ether oxygens (including phenoxy) is 1. The molecule has 4 nitrogen and oxygen atoms in total. The van der Waals surface area contributed by atoms with Crippen molar-refractivity contribution in [3.8, 4) is 6.01 Å². The minimum absolute atomic E-state index is 0.154. The Balaban J connectivity index is 2.01. The van der Waals surface area contributed by atoms with E-state index in [2.05, 4.69) is 4.98 Å². The van der Waals surface area contributed by atoms with Gasteiger partial charge >= 0.3 is 0 Å². The third-order valence-corrected chi connectivity index (χ3v) is 2.54. The molecule has 0 spiro atoms. The van der Waals surface area contributed by atoms with Crippen LogP contribution in [0.25, 0.3) is 0 Å². The van der Waals surface area contributed by atoms with Crippen LogP contribution in [-0.4, -0.2) is 21.7 Å². The summed E-state index contributed by atoms with van der Waals surface area (Å²) < 4.78 is 7.55. The summed E-state index contributed by atoms with van der Waals surface area (Å²) in [5.41, 5.74) is 5.88. The molecule has 2 unspecified atom stereocenters. The first-order valence-corrected chi connectivity index (χ1v) is 4.67. The summed E-state index contributed by atoms with van der Waals surface area (Å²) >= 11 is 0. The standard InChI is InChI=1S/C9H15N3O/c1-12-6-5-11-9(12)13-8-4-2-3-7(8)10/h5-8H,2-4,10H2,1H3. The van der Waals surface area contributed by atoms with Crippen LogP contribution < -0.4 is 10.5 Å². The highest BCUT2D eigenvalue weighted by Gasteiger charge is 2.26. The van der Waals surface area contributed by atoms with Gasteiger partial charge in [0.1, 0.15) is 6.10 Å². The molecule has 1 aromatic rings. The van der Waals surface area contributed by atoms with Crippen molar-refractivity contribution >= 4 is 0 Å². The van der Waals surface area contributed by atoms with E-state index >= 15 is 0 Å². The lowest BCUT2D eigenvalue weighted by Crippen LogP contribution is -2.34. The third-order valence-electron chi connectivity index (χ3n) is 2.54. The average Bonchev–Trinajstić information content (AvgIpc) is 2.65.